The van der Waals surface area contributed by atoms with Crippen LogP contribution in [0.1, 0.15) is 46.0 Å². The van der Waals surface area contributed by atoms with Crippen LogP contribution in [0.2, 0.25) is 0 Å². The van der Waals surface area contributed by atoms with Gasteiger partial charge in [-0.15, -0.1) is 0 Å². The summed E-state index contributed by atoms with van der Waals surface area (Å²) in [4.78, 5) is 23.5. The van der Waals surface area contributed by atoms with Crippen molar-refractivity contribution in [3.63, 3.8) is 0 Å². The quantitative estimate of drug-likeness (QED) is 0.748. The molecule has 0 aromatic carbocycles. The zero-order valence-electron chi connectivity index (χ0n) is 11.0. The maximum Gasteiger partial charge on any atom is 0.328 e. The second kappa shape index (κ2) is 6.62. The van der Waals surface area contributed by atoms with Gasteiger partial charge < -0.3 is 10.1 Å². The largest absolute Gasteiger partial charge is 0.467 e. The van der Waals surface area contributed by atoms with Crippen LogP contribution in [-0.4, -0.2) is 25.0 Å². The van der Waals surface area contributed by atoms with E-state index >= 15 is 0 Å². The lowest BCUT2D eigenvalue weighted by molar-refractivity contribution is -0.146. The first kappa shape index (κ1) is 14.0. The molecule has 0 aromatic heterocycles. The Morgan fingerprint density at radius 1 is 1.29 bits per heavy atom. The number of hydrogen-bond acceptors (Lipinski definition) is 3. The van der Waals surface area contributed by atoms with Crippen LogP contribution in [0.15, 0.2) is 0 Å². The number of hydrogen-bond donors (Lipinski definition) is 1. The van der Waals surface area contributed by atoms with Gasteiger partial charge in [-0.2, -0.15) is 0 Å². The molecule has 4 heteroatoms. The Kier molecular flexibility index (Phi) is 5.45. The molecule has 1 N–H and O–H groups in total. The number of carbonyl (C=O) groups excluding carboxylic acids is 2. The van der Waals surface area contributed by atoms with Gasteiger partial charge in [0.15, 0.2) is 0 Å². The van der Waals surface area contributed by atoms with Gasteiger partial charge in [0.05, 0.1) is 7.11 Å². The van der Waals surface area contributed by atoms with Crippen LogP contribution in [-0.2, 0) is 14.3 Å². The van der Waals surface area contributed by atoms with E-state index in [0.29, 0.717) is 12.3 Å². The van der Waals surface area contributed by atoms with Crippen molar-refractivity contribution in [2.45, 2.75) is 52.0 Å². The van der Waals surface area contributed by atoms with Gasteiger partial charge in [-0.3, -0.25) is 4.79 Å². The first-order valence-electron chi connectivity index (χ1n) is 6.42. The molecule has 0 spiro atoms. The van der Waals surface area contributed by atoms with Crippen LogP contribution in [0.25, 0.3) is 0 Å². The molecule has 0 heterocycles. The number of carbonyl (C=O) groups is 2. The molecule has 17 heavy (non-hydrogen) atoms. The van der Waals surface area contributed by atoms with Gasteiger partial charge in [0.25, 0.3) is 0 Å². The van der Waals surface area contributed by atoms with Crippen molar-refractivity contribution in [2.24, 2.45) is 11.8 Å². The van der Waals surface area contributed by atoms with Crippen LogP contribution < -0.4 is 5.32 Å². The highest BCUT2D eigenvalue weighted by atomic mass is 16.5. The van der Waals surface area contributed by atoms with E-state index in [-0.39, 0.29) is 17.8 Å². The van der Waals surface area contributed by atoms with Crippen molar-refractivity contribution in [2.75, 3.05) is 7.11 Å². The number of amides is 1. The van der Waals surface area contributed by atoms with Gasteiger partial charge in [-0.05, 0) is 25.2 Å². The fraction of sp³-hybridized carbons (Fsp3) is 0.846. The van der Waals surface area contributed by atoms with Crippen LogP contribution in [0.5, 0.6) is 0 Å². The van der Waals surface area contributed by atoms with Gasteiger partial charge in [-0.1, -0.05) is 26.7 Å². The number of esters is 1. The fourth-order valence-corrected chi connectivity index (χ4v) is 2.31. The van der Waals surface area contributed by atoms with Crippen LogP contribution in [0.4, 0.5) is 0 Å². The molecule has 0 aliphatic heterocycles. The minimum absolute atomic E-state index is 0.0125. The Labute approximate surface area is 103 Å². The lowest BCUT2D eigenvalue weighted by atomic mass is 10.0. The van der Waals surface area contributed by atoms with Gasteiger partial charge in [0.2, 0.25) is 5.91 Å². The molecule has 1 atom stereocenters. The molecule has 1 saturated carbocycles. The van der Waals surface area contributed by atoms with Gasteiger partial charge in [0, 0.05) is 5.92 Å². The maximum atomic E-state index is 11.9. The maximum absolute atomic E-state index is 11.9. The van der Waals surface area contributed by atoms with Crippen molar-refractivity contribution in [1.82, 2.24) is 5.32 Å². The summed E-state index contributed by atoms with van der Waals surface area (Å²) in [5.74, 6) is 0.112. The summed E-state index contributed by atoms with van der Waals surface area (Å²) in [5.41, 5.74) is 0. The summed E-state index contributed by atoms with van der Waals surface area (Å²) in [5, 5.41) is 2.83. The topological polar surface area (TPSA) is 55.4 Å². The number of nitrogens with one attached hydrogen (secondary N) is 1. The predicted molar refractivity (Wildman–Crippen MR) is 65.4 cm³/mol. The number of methoxy groups -OCH3 is 1. The Morgan fingerprint density at radius 2 is 1.88 bits per heavy atom. The molecule has 1 unspecified atom stereocenters. The van der Waals surface area contributed by atoms with E-state index in [1.54, 1.807) is 0 Å². The van der Waals surface area contributed by atoms with Gasteiger partial charge in [-0.25, -0.2) is 4.79 Å². The van der Waals surface area contributed by atoms with E-state index in [4.69, 9.17) is 4.74 Å². The van der Waals surface area contributed by atoms with Gasteiger partial charge in [0.1, 0.15) is 6.04 Å². The Balaban J connectivity index is 2.52. The third kappa shape index (κ3) is 4.36. The third-order valence-corrected chi connectivity index (χ3v) is 3.24. The zero-order valence-corrected chi connectivity index (χ0v) is 11.0. The Hall–Kier alpha value is -1.06. The van der Waals surface area contributed by atoms with Crippen LogP contribution >= 0.6 is 0 Å². The van der Waals surface area contributed by atoms with E-state index in [9.17, 15) is 9.59 Å². The van der Waals surface area contributed by atoms with E-state index in [0.717, 1.165) is 25.7 Å². The lowest BCUT2D eigenvalue weighted by Gasteiger charge is -2.20. The molecule has 1 amide bonds. The van der Waals surface area contributed by atoms with Crippen molar-refractivity contribution in [3.8, 4) is 0 Å². The first-order chi connectivity index (χ1) is 8.04. The highest BCUT2D eigenvalue weighted by Crippen LogP contribution is 2.25. The zero-order chi connectivity index (χ0) is 12.8. The monoisotopic (exact) mass is 241 g/mol. The molecule has 0 bridgehead atoms. The number of rotatable bonds is 5. The standard InChI is InChI=1S/C13H23NO3/c1-9(2)8-11(13(16)17-3)14-12(15)10-6-4-5-7-10/h9-11H,4-8H2,1-3H3,(H,14,15). The van der Waals surface area contributed by atoms with Gasteiger partial charge >= 0.3 is 5.97 Å². The summed E-state index contributed by atoms with van der Waals surface area (Å²) >= 11 is 0. The average Bonchev–Trinajstić information content (AvgIpc) is 2.79. The first-order valence-corrected chi connectivity index (χ1v) is 6.42. The molecule has 1 aliphatic rings. The van der Waals surface area contributed by atoms with E-state index in [2.05, 4.69) is 5.32 Å². The molecule has 98 valence electrons. The molecule has 0 aromatic rings. The second-order valence-corrected chi connectivity index (χ2v) is 5.20. The summed E-state index contributed by atoms with van der Waals surface area (Å²) in [6, 6.07) is -0.493. The van der Waals surface area contributed by atoms with Crippen molar-refractivity contribution in [3.05, 3.63) is 0 Å². The normalized spacial score (nSPS) is 18.1. The molecule has 1 fully saturated rings. The molecule has 0 saturated heterocycles. The highest BCUT2D eigenvalue weighted by Gasteiger charge is 2.28. The Bertz CT molecular complexity index is 270. The molecular weight excluding hydrogens is 218 g/mol. The molecular formula is C13H23NO3. The predicted octanol–water partition coefficient (Wildman–Crippen LogP) is 1.88. The molecule has 1 rings (SSSR count). The summed E-state index contributed by atoms with van der Waals surface area (Å²) in [7, 11) is 1.36. The second-order valence-electron chi connectivity index (χ2n) is 5.20. The minimum Gasteiger partial charge on any atom is -0.467 e. The smallest absolute Gasteiger partial charge is 0.328 e. The van der Waals surface area contributed by atoms with Crippen LogP contribution in [0, 0.1) is 11.8 Å². The summed E-state index contributed by atoms with van der Waals surface area (Å²) in [6.45, 7) is 4.05. The van der Waals surface area contributed by atoms with Crippen LogP contribution in [0.3, 0.4) is 0 Å². The summed E-state index contributed by atoms with van der Waals surface area (Å²) < 4.78 is 4.72. The minimum atomic E-state index is -0.493. The van der Waals surface area contributed by atoms with Crippen molar-refractivity contribution in [1.29, 1.82) is 0 Å². The average molecular weight is 241 g/mol. The SMILES string of the molecule is COC(=O)C(CC(C)C)NC(=O)C1CCCC1. The van der Waals surface area contributed by atoms with Crippen molar-refractivity contribution >= 4 is 11.9 Å². The fourth-order valence-electron chi connectivity index (χ4n) is 2.31. The molecule has 1 aliphatic carbocycles. The lowest BCUT2D eigenvalue weighted by Crippen LogP contribution is -2.44. The number of ether oxygens (including phenoxy) is 1. The molecule has 0 radical (unpaired) electrons. The molecule has 4 nitrogen and oxygen atoms in total. The van der Waals surface area contributed by atoms with E-state index in [1.165, 1.54) is 7.11 Å². The third-order valence-electron chi connectivity index (χ3n) is 3.24. The van der Waals surface area contributed by atoms with E-state index < -0.39 is 6.04 Å². The highest BCUT2D eigenvalue weighted by molar-refractivity contribution is 5.85. The van der Waals surface area contributed by atoms with Crippen molar-refractivity contribution < 1.29 is 14.3 Å². The Morgan fingerprint density at radius 3 is 2.35 bits per heavy atom. The van der Waals surface area contributed by atoms with E-state index in [1.807, 2.05) is 13.8 Å². The summed E-state index contributed by atoms with van der Waals surface area (Å²) in [6.07, 6.45) is 4.75.